The highest BCUT2D eigenvalue weighted by molar-refractivity contribution is 14.0. The van der Waals surface area contributed by atoms with Crippen molar-refractivity contribution in [3.63, 3.8) is 0 Å². The second-order valence-corrected chi connectivity index (χ2v) is 6.52. The summed E-state index contributed by atoms with van der Waals surface area (Å²) in [4.78, 5) is 17.8. The summed E-state index contributed by atoms with van der Waals surface area (Å²) in [5, 5.41) is 3.45. The molecule has 1 aliphatic rings. The van der Waals surface area contributed by atoms with Crippen LogP contribution in [0.15, 0.2) is 29.3 Å². The van der Waals surface area contributed by atoms with Crippen LogP contribution in [0.4, 0.5) is 0 Å². The van der Waals surface area contributed by atoms with E-state index >= 15 is 0 Å². The number of carbonyl (C=O) groups is 1. The minimum atomic E-state index is -0.208. The topological polar surface area (TPSA) is 70.7 Å². The number of carbonyl (C=O) groups excluding carboxylic acids is 1. The number of benzene rings is 1. The van der Waals surface area contributed by atoms with Gasteiger partial charge in [-0.15, -0.1) is 24.0 Å². The predicted octanol–water partition coefficient (Wildman–Crippen LogP) is 2.57. The summed E-state index contributed by atoms with van der Waals surface area (Å²) < 4.78 is 0. The van der Waals surface area contributed by atoms with E-state index in [4.69, 9.17) is 5.73 Å². The molecule has 0 aliphatic carbocycles. The second kappa shape index (κ2) is 11.3. The van der Waals surface area contributed by atoms with E-state index < -0.39 is 0 Å². The Bertz CT molecular complexity index is 559. The molecule has 1 heterocycles. The SMILES string of the molecule is CCc1ccc(CCNC(=NC)N2CCCC(CC(N)=O)C2)cc1.I. The van der Waals surface area contributed by atoms with Gasteiger partial charge in [-0.25, -0.2) is 0 Å². The Hall–Kier alpha value is -1.31. The smallest absolute Gasteiger partial charge is 0.217 e. The van der Waals surface area contributed by atoms with E-state index in [-0.39, 0.29) is 29.9 Å². The normalized spacial score (nSPS) is 17.8. The number of rotatable bonds is 6. The molecule has 5 nitrogen and oxygen atoms in total. The minimum Gasteiger partial charge on any atom is -0.370 e. The van der Waals surface area contributed by atoms with Gasteiger partial charge in [0.1, 0.15) is 0 Å². The number of hydrogen-bond acceptors (Lipinski definition) is 2. The van der Waals surface area contributed by atoms with Crippen molar-refractivity contribution in [1.82, 2.24) is 10.2 Å². The molecule has 2 rings (SSSR count). The summed E-state index contributed by atoms with van der Waals surface area (Å²) in [5.41, 5.74) is 8.04. The lowest BCUT2D eigenvalue weighted by atomic mass is 9.95. The number of guanidine groups is 1. The van der Waals surface area contributed by atoms with E-state index in [1.165, 1.54) is 11.1 Å². The second-order valence-electron chi connectivity index (χ2n) is 6.52. The van der Waals surface area contributed by atoms with Crippen LogP contribution in [0.25, 0.3) is 0 Å². The molecule has 6 heteroatoms. The van der Waals surface area contributed by atoms with Gasteiger partial charge in [-0.1, -0.05) is 31.2 Å². The molecule has 1 atom stereocenters. The Balaban J connectivity index is 0.00000312. The maximum atomic E-state index is 11.1. The number of amides is 1. The van der Waals surface area contributed by atoms with Crippen molar-refractivity contribution < 1.29 is 4.79 Å². The summed E-state index contributed by atoms with van der Waals surface area (Å²) >= 11 is 0. The summed E-state index contributed by atoms with van der Waals surface area (Å²) in [7, 11) is 1.82. The van der Waals surface area contributed by atoms with Crippen LogP contribution in [-0.4, -0.2) is 43.4 Å². The lowest BCUT2D eigenvalue weighted by molar-refractivity contribution is -0.119. The molecule has 1 fully saturated rings. The Morgan fingerprint density at radius 1 is 1.32 bits per heavy atom. The van der Waals surface area contributed by atoms with Crippen LogP contribution < -0.4 is 11.1 Å². The van der Waals surface area contributed by atoms with Crippen molar-refractivity contribution in [1.29, 1.82) is 0 Å². The average Bonchev–Trinajstić information content (AvgIpc) is 2.59. The maximum Gasteiger partial charge on any atom is 0.217 e. The first-order valence-electron chi connectivity index (χ1n) is 8.94. The van der Waals surface area contributed by atoms with Gasteiger partial charge in [-0.3, -0.25) is 9.79 Å². The van der Waals surface area contributed by atoms with E-state index in [1.54, 1.807) is 0 Å². The molecule has 1 unspecified atom stereocenters. The molecule has 0 saturated carbocycles. The highest BCUT2D eigenvalue weighted by Crippen LogP contribution is 2.19. The maximum absolute atomic E-state index is 11.1. The van der Waals surface area contributed by atoms with Crippen LogP contribution in [0.3, 0.4) is 0 Å². The quantitative estimate of drug-likeness (QED) is 0.391. The summed E-state index contributed by atoms with van der Waals surface area (Å²) in [6.45, 7) is 4.87. The van der Waals surface area contributed by atoms with Crippen molar-refractivity contribution >= 4 is 35.8 Å². The minimum absolute atomic E-state index is 0. The number of piperidine rings is 1. The third kappa shape index (κ3) is 7.22. The van der Waals surface area contributed by atoms with Crippen LogP contribution in [0.2, 0.25) is 0 Å². The van der Waals surface area contributed by atoms with Gasteiger partial charge in [0.15, 0.2) is 5.96 Å². The number of aryl methyl sites for hydroxylation is 1. The Morgan fingerprint density at radius 3 is 2.60 bits per heavy atom. The highest BCUT2D eigenvalue weighted by Gasteiger charge is 2.23. The zero-order chi connectivity index (χ0) is 17.4. The van der Waals surface area contributed by atoms with E-state index in [0.29, 0.717) is 12.3 Å². The van der Waals surface area contributed by atoms with E-state index in [1.807, 2.05) is 7.05 Å². The molecule has 0 spiro atoms. The van der Waals surface area contributed by atoms with Gasteiger partial charge in [0.25, 0.3) is 0 Å². The molecule has 1 aromatic carbocycles. The van der Waals surface area contributed by atoms with E-state index in [9.17, 15) is 4.79 Å². The third-order valence-corrected chi connectivity index (χ3v) is 4.65. The van der Waals surface area contributed by atoms with Gasteiger partial charge in [0, 0.05) is 33.1 Å². The number of primary amides is 1. The third-order valence-electron chi connectivity index (χ3n) is 4.65. The van der Waals surface area contributed by atoms with Gasteiger partial charge in [0.2, 0.25) is 5.91 Å². The average molecular weight is 458 g/mol. The molecule has 0 aromatic heterocycles. The lowest BCUT2D eigenvalue weighted by Gasteiger charge is -2.34. The molecule has 1 aliphatic heterocycles. The van der Waals surface area contributed by atoms with Crippen molar-refractivity contribution in [2.45, 2.75) is 39.0 Å². The van der Waals surface area contributed by atoms with Crippen LogP contribution in [0.1, 0.15) is 37.3 Å². The van der Waals surface area contributed by atoms with Crippen LogP contribution >= 0.6 is 24.0 Å². The lowest BCUT2D eigenvalue weighted by Crippen LogP contribution is -2.47. The predicted molar refractivity (Wildman–Crippen MR) is 114 cm³/mol. The zero-order valence-electron chi connectivity index (χ0n) is 15.3. The fraction of sp³-hybridized carbons (Fsp3) is 0.579. The van der Waals surface area contributed by atoms with Gasteiger partial charge in [-0.2, -0.15) is 0 Å². The number of likely N-dealkylation sites (tertiary alicyclic amines) is 1. The number of hydrogen-bond donors (Lipinski definition) is 2. The molecule has 25 heavy (non-hydrogen) atoms. The van der Waals surface area contributed by atoms with Crippen molar-refractivity contribution in [2.24, 2.45) is 16.6 Å². The first-order valence-corrected chi connectivity index (χ1v) is 8.94. The van der Waals surface area contributed by atoms with E-state index in [2.05, 4.69) is 46.4 Å². The van der Waals surface area contributed by atoms with Gasteiger partial charge in [-0.05, 0) is 42.7 Å². The molecule has 1 amide bonds. The van der Waals surface area contributed by atoms with Crippen LogP contribution in [-0.2, 0) is 17.6 Å². The Labute approximate surface area is 168 Å². The first-order chi connectivity index (χ1) is 11.6. The number of nitrogens with two attached hydrogens (primary N) is 1. The molecule has 1 aromatic rings. The largest absolute Gasteiger partial charge is 0.370 e. The highest BCUT2D eigenvalue weighted by atomic mass is 127. The molecule has 0 bridgehead atoms. The number of nitrogens with zero attached hydrogens (tertiary/aromatic N) is 2. The zero-order valence-corrected chi connectivity index (χ0v) is 17.7. The summed E-state index contributed by atoms with van der Waals surface area (Å²) in [6, 6.07) is 8.80. The standard InChI is InChI=1S/C19H30N4O.HI/c1-3-15-6-8-16(9-7-15)10-11-22-19(21-2)23-12-4-5-17(14-23)13-18(20)24;/h6-9,17H,3-5,10-14H2,1-2H3,(H2,20,24)(H,21,22);1H. The van der Waals surface area contributed by atoms with Gasteiger partial charge in [0.05, 0.1) is 0 Å². The fourth-order valence-electron chi connectivity index (χ4n) is 3.30. The Kier molecular flexibility index (Phi) is 9.85. The number of aliphatic imine (C=N–C) groups is 1. The first kappa shape index (κ1) is 21.7. The van der Waals surface area contributed by atoms with Crippen LogP contribution in [0.5, 0.6) is 0 Å². The number of halogens is 1. The monoisotopic (exact) mass is 458 g/mol. The van der Waals surface area contributed by atoms with Gasteiger partial charge >= 0.3 is 0 Å². The van der Waals surface area contributed by atoms with Crippen LogP contribution in [0, 0.1) is 5.92 Å². The molecule has 3 N–H and O–H groups in total. The number of nitrogens with one attached hydrogen (secondary N) is 1. The molecule has 1 saturated heterocycles. The van der Waals surface area contributed by atoms with Gasteiger partial charge < -0.3 is 16.0 Å². The molecule has 140 valence electrons. The molecular weight excluding hydrogens is 427 g/mol. The summed E-state index contributed by atoms with van der Waals surface area (Å²) in [5.74, 6) is 1.06. The Morgan fingerprint density at radius 2 is 2.00 bits per heavy atom. The van der Waals surface area contributed by atoms with Crippen molar-refractivity contribution in [2.75, 3.05) is 26.7 Å². The van der Waals surface area contributed by atoms with Crippen molar-refractivity contribution in [3.8, 4) is 0 Å². The van der Waals surface area contributed by atoms with E-state index in [0.717, 1.165) is 51.3 Å². The molecule has 0 radical (unpaired) electrons. The summed E-state index contributed by atoms with van der Waals surface area (Å²) in [6.07, 6.45) is 4.67. The fourth-order valence-corrected chi connectivity index (χ4v) is 3.30. The van der Waals surface area contributed by atoms with Crippen molar-refractivity contribution in [3.05, 3.63) is 35.4 Å². The molecular formula is C19H31IN4O.